The summed E-state index contributed by atoms with van der Waals surface area (Å²) in [6.45, 7) is 2.39. The Hall–Kier alpha value is -2.66. The average molecular weight is 395 g/mol. The van der Waals surface area contributed by atoms with E-state index in [1.54, 1.807) is 18.2 Å². The molecule has 1 saturated heterocycles. The van der Waals surface area contributed by atoms with E-state index < -0.39 is 26.7 Å². The van der Waals surface area contributed by atoms with Crippen molar-refractivity contribution >= 4 is 15.7 Å². The number of fused-ring (bicyclic) bond motifs is 1. The van der Waals surface area contributed by atoms with Crippen molar-refractivity contribution in [3.8, 4) is 23.0 Å². The zero-order valence-corrected chi connectivity index (χ0v) is 15.1. The van der Waals surface area contributed by atoms with Gasteiger partial charge in [-0.25, -0.2) is 8.42 Å². The van der Waals surface area contributed by atoms with Gasteiger partial charge in [-0.3, -0.25) is 4.79 Å². The molecule has 11 heteroatoms. The maximum Gasteiger partial charge on any atom is 0.336 e. The molecule has 144 valence electrons. The van der Waals surface area contributed by atoms with Crippen molar-refractivity contribution in [3.05, 3.63) is 18.2 Å². The smallest absolute Gasteiger partial charge is 0.336 e. The van der Waals surface area contributed by atoms with Gasteiger partial charge in [0.2, 0.25) is 21.6 Å². The number of benzene rings is 1. The minimum atomic E-state index is -4.04. The molecule has 2 aromatic rings. The molecule has 0 bridgehead atoms. The van der Waals surface area contributed by atoms with Gasteiger partial charge in [0, 0.05) is 18.7 Å². The lowest BCUT2D eigenvalue weighted by Gasteiger charge is -2.26. The zero-order valence-electron chi connectivity index (χ0n) is 14.3. The number of ether oxygens (including phenoxy) is 3. The largest absolute Gasteiger partial charge is 0.486 e. The van der Waals surface area contributed by atoms with Gasteiger partial charge in [-0.15, -0.1) is 5.10 Å². The van der Waals surface area contributed by atoms with Gasteiger partial charge in [0.25, 0.3) is 0 Å². The number of morpholine rings is 1. The predicted octanol–water partition coefficient (Wildman–Crippen LogP) is 0.140. The quantitative estimate of drug-likeness (QED) is 0.711. The van der Waals surface area contributed by atoms with Crippen LogP contribution in [0.25, 0.3) is 11.5 Å². The standard InChI is InChI=1S/C16H17N3O7S/c20-14(19-3-5-23-6-4-19)10-27(21,22)16-18-17-15(26-16)11-1-2-12-13(9-11)25-8-7-24-12/h1-2,9H,3-8,10H2. The van der Waals surface area contributed by atoms with Gasteiger partial charge in [-0.1, -0.05) is 5.10 Å². The van der Waals surface area contributed by atoms with Crippen LogP contribution in [0.5, 0.6) is 11.5 Å². The fourth-order valence-electron chi connectivity index (χ4n) is 2.76. The maximum absolute atomic E-state index is 12.4. The third-order valence-corrected chi connectivity index (χ3v) is 5.46. The lowest BCUT2D eigenvalue weighted by atomic mass is 10.2. The van der Waals surface area contributed by atoms with Crippen LogP contribution in [0.15, 0.2) is 27.8 Å². The van der Waals surface area contributed by atoms with Crippen molar-refractivity contribution in [2.24, 2.45) is 0 Å². The highest BCUT2D eigenvalue weighted by Crippen LogP contribution is 2.34. The zero-order chi connectivity index (χ0) is 18.9. The van der Waals surface area contributed by atoms with Gasteiger partial charge in [-0.05, 0) is 18.2 Å². The lowest BCUT2D eigenvalue weighted by molar-refractivity contribution is -0.132. The minimum absolute atomic E-state index is 0.0179. The van der Waals surface area contributed by atoms with Gasteiger partial charge < -0.3 is 23.5 Å². The Kier molecular flexibility index (Phi) is 4.70. The Balaban J connectivity index is 1.52. The molecular formula is C16H17N3O7S. The van der Waals surface area contributed by atoms with E-state index in [4.69, 9.17) is 18.6 Å². The molecular weight excluding hydrogens is 378 g/mol. The van der Waals surface area contributed by atoms with Gasteiger partial charge in [0.05, 0.1) is 13.2 Å². The molecule has 3 heterocycles. The second-order valence-corrected chi connectivity index (χ2v) is 7.85. The topological polar surface area (TPSA) is 121 Å². The summed E-state index contributed by atoms with van der Waals surface area (Å²) in [6, 6.07) is 4.98. The second-order valence-electron chi connectivity index (χ2n) is 5.98. The minimum Gasteiger partial charge on any atom is -0.486 e. The second kappa shape index (κ2) is 7.16. The number of nitrogens with zero attached hydrogens (tertiary/aromatic N) is 3. The molecule has 27 heavy (non-hydrogen) atoms. The Morgan fingerprint density at radius 1 is 1.04 bits per heavy atom. The number of sulfone groups is 1. The molecule has 1 amide bonds. The first-order valence-corrected chi connectivity index (χ1v) is 10.00. The Morgan fingerprint density at radius 2 is 1.78 bits per heavy atom. The number of aromatic nitrogens is 2. The van der Waals surface area contributed by atoms with Gasteiger partial charge in [-0.2, -0.15) is 0 Å². The van der Waals surface area contributed by atoms with E-state index >= 15 is 0 Å². The van der Waals surface area contributed by atoms with Crippen molar-refractivity contribution in [3.63, 3.8) is 0 Å². The number of rotatable bonds is 4. The highest BCUT2D eigenvalue weighted by molar-refractivity contribution is 7.91. The third kappa shape index (κ3) is 3.74. The maximum atomic E-state index is 12.4. The third-order valence-electron chi connectivity index (χ3n) is 4.14. The molecule has 1 aromatic heterocycles. The number of carbonyl (C=O) groups excluding carboxylic acids is 1. The van der Waals surface area contributed by atoms with Crippen molar-refractivity contribution in [1.82, 2.24) is 15.1 Å². The summed E-state index contributed by atoms with van der Waals surface area (Å²) in [4.78, 5) is 13.6. The van der Waals surface area contributed by atoms with Gasteiger partial charge in [0.1, 0.15) is 19.0 Å². The van der Waals surface area contributed by atoms with Crippen molar-refractivity contribution in [1.29, 1.82) is 0 Å². The number of hydrogen-bond acceptors (Lipinski definition) is 9. The Morgan fingerprint density at radius 3 is 2.56 bits per heavy atom. The fraction of sp³-hybridized carbons (Fsp3) is 0.438. The molecule has 1 fully saturated rings. The van der Waals surface area contributed by atoms with E-state index in [1.165, 1.54) is 4.90 Å². The number of carbonyl (C=O) groups is 1. The van der Waals surface area contributed by atoms with Gasteiger partial charge in [0.15, 0.2) is 11.5 Å². The molecule has 10 nitrogen and oxygen atoms in total. The number of amides is 1. The monoisotopic (exact) mass is 395 g/mol. The average Bonchev–Trinajstić information content (AvgIpc) is 3.19. The SMILES string of the molecule is O=C(CS(=O)(=O)c1nnc(-c2ccc3c(c2)OCCO3)o1)N1CCOCC1. The number of hydrogen-bond donors (Lipinski definition) is 0. The van der Waals surface area contributed by atoms with E-state index in [0.717, 1.165) is 0 Å². The first-order valence-electron chi connectivity index (χ1n) is 8.35. The summed E-state index contributed by atoms with van der Waals surface area (Å²) in [5.41, 5.74) is 0.493. The molecule has 2 aliphatic rings. The van der Waals surface area contributed by atoms with Crippen LogP contribution in [0.2, 0.25) is 0 Å². The summed E-state index contributed by atoms with van der Waals surface area (Å²) >= 11 is 0. The summed E-state index contributed by atoms with van der Waals surface area (Å²) in [5.74, 6) is -0.116. The molecule has 0 spiro atoms. The van der Waals surface area contributed by atoms with Crippen LogP contribution < -0.4 is 9.47 Å². The van der Waals surface area contributed by atoms with Crippen LogP contribution in [0.4, 0.5) is 0 Å². The highest BCUT2D eigenvalue weighted by Gasteiger charge is 2.29. The first-order chi connectivity index (χ1) is 13.0. The van der Waals surface area contributed by atoms with E-state index in [-0.39, 0.29) is 5.89 Å². The van der Waals surface area contributed by atoms with Crippen molar-refractivity contribution in [2.75, 3.05) is 45.3 Å². The molecule has 0 radical (unpaired) electrons. The first kappa shape index (κ1) is 17.7. The molecule has 0 saturated carbocycles. The van der Waals surface area contributed by atoms with E-state index in [2.05, 4.69) is 10.2 Å². The molecule has 0 unspecified atom stereocenters. The lowest BCUT2D eigenvalue weighted by Crippen LogP contribution is -2.43. The normalized spacial score (nSPS) is 17.0. The molecule has 0 atom stereocenters. The fourth-order valence-corrected chi connectivity index (χ4v) is 3.76. The van der Waals surface area contributed by atoms with E-state index in [9.17, 15) is 13.2 Å². The van der Waals surface area contributed by atoms with E-state index in [1.807, 2.05) is 0 Å². The molecule has 4 rings (SSSR count). The van der Waals surface area contributed by atoms with Crippen LogP contribution in [0.1, 0.15) is 0 Å². The molecule has 0 N–H and O–H groups in total. The van der Waals surface area contributed by atoms with Crippen LogP contribution >= 0.6 is 0 Å². The predicted molar refractivity (Wildman–Crippen MR) is 90.2 cm³/mol. The summed E-state index contributed by atoms with van der Waals surface area (Å²) < 4.78 is 46.3. The van der Waals surface area contributed by atoms with Crippen molar-refractivity contribution < 1.29 is 31.8 Å². The molecule has 0 aliphatic carbocycles. The Labute approximate surface area is 154 Å². The van der Waals surface area contributed by atoms with Crippen LogP contribution in [0, 0.1) is 0 Å². The summed E-state index contributed by atoms with van der Waals surface area (Å²) in [7, 11) is -4.04. The highest BCUT2D eigenvalue weighted by atomic mass is 32.2. The van der Waals surface area contributed by atoms with Gasteiger partial charge >= 0.3 is 5.22 Å². The Bertz CT molecular complexity index is 951. The van der Waals surface area contributed by atoms with Crippen LogP contribution in [-0.2, 0) is 19.4 Å². The van der Waals surface area contributed by atoms with Crippen LogP contribution in [-0.4, -0.2) is 74.7 Å². The molecule has 1 aromatic carbocycles. The summed E-state index contributed by atoms with van der Waals surface area (Å²) in [6.07, 6.45) is 0. The summed E-state index contributed by atoms with van der Waals surface area (Å²) in [5, 5.41) is 6.80. The van der Waals surface area contributed by atoms with Crippen molar-refractivity contribution in [2.45, 2.75) is 5.22 Å². The van der Waals surface area contributed by atoms with Crippen LogP contribution in [0.3, 0.4) is 0 Å². The van der Waals surface area contributed by atoms with E-state index in [0.29, 0.717) is 56.6 Å². The molecule has 2 aliphatic heterocycles.